The lowest BCUT2D eigenvalue weighted by molar-refractivity contribution is -0.384. The number of pyridine rings is 1. The fraction of sp³-hybridized carbons (Fsp3) is 0.0833. The van der Waals surface area contributed by atoms with Crippen molar-refractivity contribution >= 4 is 33.0 Å². The molecule has 3 aromatic rings. The van der Waals surface area contributed by atoms with Crippen LogP contribution in [0.25, 0.3) is 5.65 Å². The third-order valence-corrected chi connectivity index (χ3v) is 3.49. The number of hydrogen-bond donors (Lipinski definition) is 1. The summed E-state index contributed by atoms with van der Waals surface area (Å²) in [5.74, 6) is 0. The van der Waals surface area contributed by atoms with Gasteiger partial charge in [0.15, 0.2) is 5.65 Å². The molecule has 0 aliphatic heterocycles. The molecule has 9 heteroatoms. The molecule has 21 heavy (non-hydrogen) atoms. The highest BCUT2D eigenvalue weighted by atomic mass is 79.9. The van der Waals surface area contributed by atoms with E-state index >= 15 is 0 Å². The number of aromatic nitrogens is 4. The largest absolute Gasteiger partial charge is 0.373 e. The van der Waals surface area contributed by atoms with Crippen LogP contribution in [0.1, 0.15) is 5.69 Å². The van der Waals surface area contributed by atoms with Crippen LogP contribution in [-0.4, -0.2) is 24.5 Å². The molecule has 0 amide bonds. The molecule has 0 saturated heterocycles. The van der Waals surface area contributed by atoms with Gasteiger partial charge in [0.1, 0.15) is 11.9 Å². The van der Waals surface area contributed by atoms with E-state index in [9.17, 15) is 10.1 Å². The third-order valence-electron chi connectivity index (χ3n) is 2.89. The minimum atomic E-state index is -0.476. The van der Waals surface area contributed by atoms with Gasteiger partial charge >= 0.3 is 5.69 Å². The monoisotopic (exact) mass is 348 g/mol. The summed E-state index contributed by atoms with van der Waals surface area (Å²) in [7, 11) is 0. The first kappa shape index (κ1) is 13.4. The molecule has 0 spiro atoms. The summed E-state index contributed by atoms with van der Waals surface area (Å²) in [5, 5.41) is 18.2. The van der Waals surface area contributed by atoms with E-state index in [-0.39, 0.29) is 5.69 Å². The van der Waals surface area contributed by atoms with E-state index in [2.05, 4.69) is 36.3 Å². The van der Waals surface area contributed by atoms with Crippen molar-refractivity contribution in [2.45, 2.75) is 6.54 Å². The maximum absolute atomic E-state index is 11.0. The van der Waals surface area contributed by atoms with Crippen LogP contribution in [0.2, 0.25) is 0 Å². The van der Waals surface area contributed by atoms with E-state index in [4.69, 9.17) is 0 Å². The maximum Gasteiger partial charge on any atom is 0.311 e. The zero-order valence-electron chi connectivity index (χ0n) is 10.6. The Bertz CT molecular complexity index is 818. The summed E-state index contributed by atoms with van der Waals surface area (Å²) >= 11 is 3.27. The Hall–Kier alpha value is -2.55. The zero-order valence-corrected chi connectivity index (χ0v) is 12.2. The molecule has 0 bridgehead atoms. The number of nitrogens with zero attached hydrogens (tertiary/aromatic N) is 5. The quantitative estimate of drug-likeness (QED) is 0.574. The number of nitrogens with one attached hydrogen (secondary N) is 1. The number of fused-ring (bicyclic) bond motifs is 1. The van der Waals surface area contributed by atoms with Crippen LogP contribution in [0, 0.1) is 10.1 Å². The highest BCUT2D eigenvalue weighted by molar-refractivity contribution is 9.10. The van der Waals surface area contributed by atoms with Crippen molar-refractivity contribution in [3.05, 3.63) is 57.2 Å². The Labute approximate surface area is 127 Å². The molecule has 0 aliphatic rings. The average molecular weight is 349 g/mol. The van der Waals surface area contributed by atoms with Gasteiger partial charge in [-0.15, -0.1) is 0 Å². The molecular formula is C12H9BrN6O2. The van der Waals surface area contributed by atoms with Gasteiger partial charge in [-0.1, -0.05) is 0 Å². The third kappa shape index (κ3) is 2.55. The molecule has 0 aromatic carbocycles. The molecule has 3 heterocycles. The fourth-order valence-corrected chi connectivity index (χ4v) is 2.40. The lowest BCUT2D eigenvalue weighted by atomic mass is 10.3. The minimum Gasteiger partial charge on any atom is -0.373 e. The van der Waals surface area contributed by atoms with E-state index in [0.29, 0.717) is 16.7 Å². The summed E-state index contributed by atoms with van der Waals surface area (Å²) in [6, 6.07) is 3.59. The van der Waals surface area contributed by atoms with Crippen molar-refractivity contribution in [3.63, 3.8) is 0 Å². The second kappa shape index (κ2) is 5.44. The Morgan fingerprint density at radius 3 is 3.00 bits per heavy atom. The number of hydrogen-bond acceptors (Lipinski definition) is 6. The molecule has 0 atom stereocenters. The number of rotatable bonds is 4. The van der Waals surface area contributed by atoms with Gasteiger partial charge in [-0.25, -0.2) is 9.50 Å². The van der Waals surface area contributed by atoms with E-state index in [1.54, 1.807) is 29.0 Å². The van der Waals surface area contributed by atoms with Crippen molar-refractivity contribution in [3.8, 4) is 0 Å². The summed E-state index contributed by atoms with van der Waals surface area (Å²) in [4.78, 5) is 18.5. The average Bonchev–Trinajstić information content (AvgIpc) is 2.94. The van der Waals surface area contributed by atoms with Gasteiger partial charge in [-0.05, 0) is 22.0 Å². The molecule has 3 rings (SSSR count). The molecule has 0 fully saturated rings. The van der Waals surface area contributed by atoms with Gasteiger partial charge in [0.2, 0.25) is 0 Å². The fourth-order valence-electron chi connectivity index (χ4n) is 1.94. The van der Waals surface area contributed by atoms with Crippen molar-refractivity contribution in [1.29, 1.82) is 0 Å². The summed E-state index contributed by atoms with van der Waals surface area (Å²) in [6.07, 6.45) is 6.04. The van der Waals surface area contributed by atoms with E-state index in [1.165, 1.54) is 12.4 Å². The standard InChI is InChI=1S/C12H9BrN6O2/c13-9-6-14-7-10(19(20)21)12(9)16-5-8-1-3-15-11-2-4-17-18(8)11/h1-4,6-7H,5H2,(H,14,16). The van der Waals surface area contributed by atoms with Gasteiger partial charge in [-0.3, -0.25) is 15.1 Å². The first-order valence-corrected chi connectivity index (χ1v) is 6.75. The first-order chi connectivity index (χ1) is 10.2. The smallest absolute Gasteiger partial charge is 0.311 e. The normalized spacial score (nSPS) is 10.7. The molecule has 0 saturated carbocycles. The van der Waals surface area contributed by atoms with Crippen LogP contribution in [0.5, 0.6) is 0 Å². The minimum absolute atomic E-state index is 0.0878. The van der Waals surface area contributed by atoms with Crippen LogP contribution in [-0.2, 0) is 6.54 Å². The first-order valence-electron chi connectivity index (χ1n) is 5.96. The van der Waals surface area contributed by atoms with Crippen LogP contribution in [0.3, 0.4) is 0 Å². The molecule has 8 nitrogen and oxygen atoms in total. The molecule has 3 aromatic heterocycles. The maximum atomic E-state index is 11.0. The molecular weight excluding hydrogens is 340 g/mol. The molecule has 0 radical (unpaired) electrons. The SMILES string of the molecule is O=[N+]([O-])c1cncc(Br)c1NCc1ccnc2ccnn12. The number of anilines is 1. The van der Waals surface area contributed by atoms with Gasteiger partial charge in [0.25, 0.3) is 0 Å². The van der Waals surface area contributed by atoms with E-state index in [1.807, 2.05) is 0 Å². The number of nitro groups is 1. The lowest BCUT2D eigenvalue weighted by Crippen LogP contribution is -2.08. The summed E-state index contributed by atoms with van der Waals surface area (Å²) in [5.41, 5.74) is 1.85. The zero-order chi connectivity index (χ0) is 14.8. The van der Waals surface area contributed by atoms with Crippen molar-refractivity contribution in [2.75, 3.05) is 5.32 Å². The number of halogens is 1. The highest BCUT2D eigenvalue weighted by Crippen LogP contribution is 2.31. The second-order valence-corrected chi connectivity index (χ2v) is 5.02. The molecule has 1 N–H and O–H groups in total. The Kier molecular flexibility index (Phi) is 3.48. The van der Waals surface area contributed by atoms with Gasteiger partial charge in [0, 0.05) is 18.5 Å². The van der Waals surface area contributed by atoms with Gasteiger partial charge in [0.05, 0.1) is 27.8 Å². The topological polar surface area (TPSA) is 98.2 Å². The van der Waals surface area contributed by atoms with Crippen LogP contribution in [0.15, 0.2) is 41.4 Å². The van der Waals surface area contributed by atoms with Crippen molar-refractivity contribution in [1.82, 2.24) is 19.6 Å². The highest BCUT2D eigenvalue weighted by Gasteiger charge is 2.17. The predicted molar refractivity (Wildman–Crippen MR) is 78.9 cm³/mol. The Morgan fingerprint density at radius 1 is 1.33 bits per heavy atom. The Balaban J connectivity index is 1.92. The summed E-state index contributed by atoms with van der Waals surface area (Å²) in [6.45, 7) is 0.365. The van der Waals surface area contributed by atoms with Gasteiger partial charge in [-0.2, -0.15) is 5.10 Å². The van der Waals surface area contributed by atoms with Crippen molar-refractivity contribution in [2.24, 2.45) is 0 Å². The molecule has 0 unspecified atom stereocenters. The van der Waals surface area contributed by atoms with E-state index in [0.717, 1.165) is 11.3 Å². The second-order valence-electron chi connectivity index (χ2n) is 4.16. The van der Waals surface area contributed by atoms with Crippen molar-refractivity contribution < 1.29 is 4.92 Å². The van der Waals surface area contributed by atoms with Crippen LogP contribution >= 0.6 is 15.9 Å². The summed E-state index contributed by atoms with van der Waals surface area (Å²) < 4.78 is 2.20. The lowest BCUT2D eigenvalue weighted by Gasteiger charge is -2.09. The molecule has 106 valence electrons. The Morgan fingerprint density at radius 2 is 2.19 bits per heavy atom. The van der Waals surface area contributed by atoms with Crippen LogP contribution < -0.4 is 5.32 Å². The van der Waals surface area contributed by atoms with Gasteiger partial charge < -0.3 is 5.32 Å². The van der Waals surface area contributed by atoms with E-state index < -0.39 is 4.92 Å². The predicted octanol–water partition coefficient (Wildman–Crippen LogP) is 2.41. The molecule has 0 aliphatic carbocycles. The van der Waals surface area contributed by atoms with Crippen LogP contribution in [0.4, 0.5) is 11.4 Å².